The van der Waals surface area contributed by atoms with E-state index in [1.807, 2.05) is 42.3 Å². The van der Waals surface area contributed by atoms with Gasteiger partial charge in [0.25, 0.3) is 5.91 Å². The Bertz CT molecular complexity index is 449. The molecule has 27 heavy (non-hydrogen) atoms. The van der Waals surface area contributed by atoms with E-state index in [1.165, 1.54) is 83.5 Å². The van der Waals surface area contributed by atoms with Crippen LogP contribution in [0.15, 0.2) is 30.3 Å². The molecular formula is C24H42ClNO. The maximum absolute atomic E-state index is 12.2. The van der Waals surface area contributed by atoms with Crippen LogP contribution in [-0.4, -0.2) is 24.4 Å². The van der Waals surface area contributed by atoms with Crippen LogP contribution in [0.5, 0.6) is 0 Å². The van der Waals surface area contributed by atoms with Gasteiger partial charge in [0.05, 0.1) is 0 Å². The van der Waals surface area contributed by atoms with Crippen LogP contribution < -0.4 is 0 Å². The molecule has 0 aliphatic carbocycles. The monoisotopic (exact) mass is 395 g/mol. The number of rotatable bonds is 16. The van der Waals surface area contributed by atoms with Crippen LogP contribution in [-0.2, 0) is 0 Å². The first-order valence-corrected chi connectivity index (χ1v) is 11.1. The van der Waals surface area contributed by atoms with Crippen LogP contribution in [0.25, 0.3) is 0 Å². The van der Waals surface area contributed by atoms with Gasteiger partial charge < -0.3 is 4.90 Å². The van der Waals surface area contributed by atoms with Crippen molar-refractivity contribution in [2.45, 2.75) is 96.8 Å². The van der Waals surface area contributed by atoms with Crippen LogP contribution in [0.3, 0.4) is 0 Å². The van der Waals surface area contributed by atoms with Crippen LogP contribution in [0.2, 0.25) is 0 Å². The average Bonchev–Trinajstić information content (AvgIpc) is 2.68. The van der Waals surface area contributed by atoms with Gasteiger partial charge in [-0.25, -0.2) is 0 Å². The number of benzene rings is 1. The van der Waals surface area contributed by atoms with Crippen LogP contribution in [0, 0.1) is 0 Å². The zero-order valence-corrected chi connectivity index (χ0v) is 18.6. The summed E-state index contributed by atoms with van der Waals surface area (Å²) in [4.78, 5) is 14.1. The highest BCUT2D eigenvalue weighted by molar-refractivity contribution is 5.93. The van der Waals surface area contributed by atoms with Crippen molar-refractivity contribution in [2.75, 3.05) is 13.6 Å². The van der Waals surface area contributed by atoms with Gasteiger partial charge in [-0.15, -0.1) is 12.4 Å². The highest BCUT2D eigenvalue weighted by Gasteiger charge is 2.09. The normalized spacial score (nSPS) is 10.4. The lowest BCUT2D eigenvalue weighted by atomic mass is 10.0. The minimum absolute atomic E-state index is 0. The number of hydrogen-bond donors (Lipinski definition) is 0. The topological polar surface area (TPSA) is 20.3 Å². The van der Waals surface area contributed by atoms with Gasteiger partial charge >= 0.3 is 0 Å². The molecule has 156 valence electrons. The van der Waals surface area contributed by atoms with E-state index in [0.29, 0.717) is 0 Å². The van der Waals surface area contributed by atoms with Crippen molar-refractivity contribution in [3.05, 3.63) is 35.9 Å². The number of unbranched alkanes of at least 4 members (excludes halogenated alkanes) is 13. The van der Waals surface area contributed by atoms with Gasteiger partial charge in [-0.05, 0) is 18.6 Å². The highest BCUT2D eigenvalue weighted by Crippen LogP contribution is 2.13. The quantitative estimate of drug-likeness (QED) is 0.263. The third kappa shape index (κ3) is 13.7. The first kappa shape index (κ1) is 26.0. The summed E-state index contributed by atoms with van der Waals surface area (Å²) in [6.45, 7) is 3.15. The third-order valence-corrected chi connectivity index (χ3v) is 5.21. The molecule has 3 heteroatoms. The maximum Gasteiger partial charge on any atom is 0.253 e. The molecule has 0 N–H and O–H groups in total. The van der Waals surface area contributed by atoms with Crippen LogP contribution in [0.1, 0.15) is 107 Å². The summed E-state index contributed by atoms with van der Waals surface area (Å²) in [6.07, 6.45) is 19.2. The summed E-state index contributed by atoms with van der Waals surface area (Å²) < 4.78 is 0. The fourth-order valence-electron chi connectivity index (χ4n) is 3.45. The van der Waals surface area contributed by atoms with Gasteiger partial charge in [0.2, 0.25) is 0 Å². The molecular weight excluding hydrogens is 354 g/mol. The molecule has 1 amide bonds. The molecule has 0 aliphatic rings. The molecule has 0 aliphatic heterocycles. The summed E-state index contributed by atoms with van der Waals surface area (Å²) in [5.41, 5.74) is 0.792. The molecule has 0 unspecified atom stereocenters. The van der Waals surface area contributed by atoms with Crippen molar-refractivity contribution in [2.24, 2.45) is 0 Å². The third-order valence-electron chi connectivity index (χ3n) is 5.21. The molecule has 0 saturated carbocycles. The van der Waals surface area contributed by atoms with Crippen molar-refractivity contribution in [1.29, 1.82) is 0 Å². The molecule has 1 aromatic rings. The summed E-state index contributed by atoms with van der Waals surface area (Å²) >= 11 is 0. The van der Waals surface area contributed by atoms with E-state index >= 15 is 0 Å². The Morgan fingerprint density at radius 1 is 0.704 bits per heavy atom. The smallest absolute Gasteiger partial charge is 0.253 e. The largest absolute Gasteiger partial charge is 0.342 e. The molecule has 2 nitrogen and oxygen atoms in total. The Morgan fingerprint density at radius 2 is 1.11 bits per heavy atom. The summed E-state index contributed by atoms with van der Waals surface area (Å²) in [5, 5.41) is 0. The second-order valence-electron chi connectivity index (χ2n) is 7.69. The van der Waals surface area contributed by atoms with E-state index in [1.54, 1.807) is 0 Å². The zero-order chi connectivity index (χ0) is 18.9. The molecule has 0 aromatic heterocycles. The first-order valence-electron chi connectivity index (χ1n) is 11.1. The van der Waals surface area contributed by atoms with E-state index in [-0.39, 0.29) is 18.3 Å². The number of halogens is 1. The second-order valence-corrected chi connectivity index (χ2v) is 7.69. The predicted octanol–water partition coefficient (Wildman–Crippen LogP) is 7.66. The van der Waals surface area contributed by atoms with Crippen LogP contribution >= 0.6 is 12.4 Å². The van der Waals surface area contributed by atoms with Crippen molar-refractivity contribution in [3.63, 3.8) is 0 Å². The summed E-state index contributed by atoms with van der Waals surface area (Å²) in [5.74, 6) is 0.139. The van der Waals surface area contributed by atoms with E-state index in [0.717, 1.165) is 18.5 Å². The number of carbonyl (C=O) groups is 1. The van der Waals surface area contributed by atoms with Crippen molar-refractivity contribution in [3.8, 4) is 0 Å². The van der Waals surface area contributed by atoms with E-state index in [2.05, 4.69) is 6.92 Å². The Balaban J connectivity index is 0.00000676. The zero-order valence-electron chi connectivity index (χ0n) is 17.8. The Labute approximate surface area is 174 Å². The molecule has 0 fully saturated rings. The highest BCUT2D eigenvalue weighted by atomic mass is 35.5. The van der Waals surface area contributed by atoms with Crippen molar-refractivity contribution < 1.29 is 4.79 Å². The Hall–Kier alpha value is -1.02. The fourth-order valence-corrected chi connectivity index (χ4v) is 3.45. The predicted molar refractivity (Wildman–Crippen MR) is 121 cm³/mol. The van der Waals surface area contributed by atoms with Gasteiger partial charge in [-0.1, -0.05) is 109 Å². The lowest BCUT2D eigenvalue weighted by molar-refractivity contribution is 0.0792. The number of carbonyl (C=O) groups excluding carboxylic acids is 1. The van der Waals surface area contributed by atoms with Gasteiger partial charge in [0.1, 0.15) is 0 Å². The standard InChI is InChI=1S/C24H41NO.ClH/c1-3-4-5-6-7-8-9-10-11-12-13-14-15-19-22-25(2)24(26)23-20-17-16-18-21-23;/h16-18,20-21H,3-15,19,22H2,1-2H3;1H. The van der Waals surface area contributed by atoms with Gasteiger partial charge in [0, 0.05) is 19.2 Å². The molecule has 0 bridgehead atoms. The van der Waals surface area contributed by atoms with Gasteiger partial charge in [-0.2, -0.15) is 0 Å². The number of amides is 1. The molecule has 1 rings (SSSR count). The Morgan fingerprint density at radius 3 is 1.56 bits per heavy atom. The van der Waals surface area contributed by atoms with E-state index < -0.39 is 0 Å². The maximum atomic E-state index is 12.2. The van der Waals surface area contributed by atoms with Crippen molar-refractivity contribution >= 4 is 18.3 Å². The molecule has 0 heterocycles. The average molecular weight is 396 g/mol. The van der Waals surface area contributed by atoms with E-state index in [4.69, 9.17) is 0 Å². The fraction of sp³-hybridized carbons (Fsp3) is 0.708. The Kier molecular flexibility index (Phi) is 17.7. The lowest BCUT2D eigenvalue weighted by Crippen LogP contribution is -2.27. The second kappa shape index (κ2) is 18.3. The lowest BCUT2D eigenvalue weighted by Gasteiger charge is -2.17. The number of nitrogens with zero attached hydrogens (tertiary/aromatic N) is 1. The molecule has 0 atom stereocenters. The molecule has 1 aromatic carbocycles. The first-order chi connectivity index (χ1) is 12.8. The minimum atomic E-state index is 0. The molecule has 0 radical (unpaired) electrons. The van der Waals surface area contributed by atoms with Gasteiger partial charge in [-0.3, -0.25) is 4.79 Å². The van der Waals surface area contributed by atoms with Crippen LogP contribution in [0.4, 0.5) is 0 Å². The molecule has 0 spiro atoms. The van der Waals surface area contributed by atoms with Gasteiger partial charge in [0.15, 0.2) is 0 Å². The summed E-state index contributed by atoms with van der Waals surface area (Å²) in [7, 11) is 1.91. The minimum Gasteiger partial charge on any atom is -0.342 e. The summed E-state index contributed by atoms with van der Waals surface area (Å²) in [6, 6.07) is 9.58. The van der Waals surface area contributed by atoms with Crippen molar-refractivity contribution in [1.82, 2.24) is 4.90 Å². The SMILES string of the molecule is CCCCCCCCCCCCCCCCN(C)C(=O)c1ccccc1.Cl. The van der Waals surface area contributed by atoms with E-state index in [9.17, 15) is 4.79 Å². The number of hydrogen-bond acceptors (Lipinski definition) is 1. The molecule has 0 saturated heterocycles.